The predicted molar refractivity (Wildman–Crippen MR) is 120 cm³/mol. The monoisotopic (exact) mass is 441 g/mol. The second-order valence-electron chi connectivity index (χ2n) is 8.21. The summed E-state index contributed by atoms with van der Waals surface area (Å²) in [5.74, 6) is -1.70. The van der Waals surface area contributed by atoms with Crippen molar-refractivity contribution in [2.45, 2.75) is 39.3 Å². The molecule has 0 radical (unpaired) electrons. The molecule has 32 heavy (non-hydrogen) atoms. The van der Waals surface area contributed by atoms with Crippen LogP contribution in [0.3, 0.4) is 0 Å². The number of nitrogens with zero attached hydrogens (tertiary/aromatic N) is 2. The van der Waals surface area contributed by atoms with Crippen LogP contribution in [0.4, 0.5) is 15.9 Å². The highest BCUT2D eigenvalue weighted by atomic mass is 19.1. The number of amides is 3. The van der Waals surface area contributed by atoms with Gasteiger partial charge in [-0.1, -0.05) is 26.0 Å². The van der Waals surface area contributed by atoms with E-state index in [0.717, 1.165) is 11.1 Å². The Hall–Kier alpha value is -3.33. The van der Waals surface area contributed by atoms with Crippen LogP contribution in [0.2, 0.25) is 0 Å². The standard InChI is InChI=1S/C23H28FN5O3/c1-13(2)20(28-19(30)12-25-4)23(32)29-18(11-15-6-5-9-26-21(15)29)22(31)27-17-8-7-14(3)10-16(17)24/h5-10,13,18,20,25H,11-12H2,1-4H3,(H,27,31)(H,28,30). The van der Waals surface area contributed by atoms with Gasteiger partial charge in [-0.05, 0) is 49.2 Å². The van der Waals surface area contributed by atoms with E-state index in [2.05, 4.69) is 20.9 Å². The number of carbonyl (C=O) groups is 3. The highest BCUT2D eigenvalue weighted by Crippen LogP contribution is 2.32. The number of hydrogen-bond acceptors (Lipinski definition) is 5. The Bertz CT molecular complexity index is 1030. The Morgan fingerprint density at radius 2 is 2.00 bits per heavy atom. The number of hydrogen-bond donors (Lipinski definition) is 3. The molecule has 0 bridgehead atoms. The molecule has 2 aromatic rings. The maximum Gasteiger partial charge on any atom is 0.251 e. The van der Waals surface area contributed by atoms with E-state index in [1.165, 1.54) is 17.0 Å². The van der Waals surface area contributed by atoms with Crippen molar-refractivity contribution < 1.29 is 18.8 Å². The van der Waals surface area contributed by atoms with Gasteiger partial charge < -0.3 is 16.0 Å². The topological polar surface area (TPSA) is 103 Å². The van der Waals surface area contributed by atoms with Gasteiger partial charge in [0, 0.05) is 12.6 Å². The second kappa shape index (κ2) is 9.86. The van der Waals surface area contributed by atoms with Crippen LogP contribution in [0.15, 0.2) is 36.5 Å². The van der Waals surface area contributed by atoms with Gasteiger partial charge in [-0.3, -0.25) is 19.3 Å². The fourth-order valence-corrected chi connectivity index (χ4v) is 3.71. The first-order valence-electron chi connectivity index (χ1n) is 10.5. The van der Waals surface area contributed by atoms with Crippen LogP contribution >= 0.6 is 0 Å². The molecule has 3 amide bonds. The summed E-state index contributed by atoms with van der Waals surface area (Å²) in [6.07, 6.45) is 1.78. The number of rotatable bonds is 7. The van der Waals surface area contributed by atoms with Gasteiger partial charge >= 0.3 is 0 Å². The lowest BCUT2D eigenvalue weighted by molar-refractivity contribution is -0.129. The molecule has 0 fully saturated rings. The number of aryl methyl sites for hydroxylation is 1. The predicted octanol–water partition coefficient (Wildman–Crippen LogP) is 1.79. The van der Waals surface area contributed by atoms with Gasteiger partial charge in [0.05, 0.1) is 12.2 Å². The minimum absolute atomic E-state index is 0.0413. The minimum atomic E-state index is -0.921. The first-order chi connectivity index (χ1) is 15.2. The van der Waals surface area contributed by atoms with Crippen LogP contribution in [-0.2, 0) is 20.8 Å². The quantitative estimate of drug-likeness (QED) is 0.608. The molecule has 9 heteroatoms. The van der Waals surface area contributed by atoms with Crippen molar-refractivity contribution in [2.24, 2.45) is 5.92 Å². The lowest BCUT2D eigenvalue weighted by atomic mass is 10.0. The summed E-state index contributed by atoms with van der Waals surface area (Å²) >= 11 is 0. The van der Waals surface area contributed by atoms with E-state index in [0.29, 0.717) is 5.82 Å². The summed E-state index contributed by atoms with van der Waals surface area (Å²) in [5, 5.41) is 8.08. The lowest BCUT2D eigenvalue weighted by Gasteiger charge is -2.30. The fraction of sp³-hybridized carbons (Fsp3) is 0.391. The highest BCUT2D eigenvalue weighted by Gasteiger charge is 2.42. The minimum Gasteiger partial charge on any atom is -0.343 e. The summed E-state index contributed by atoms with van der Waals surface area (Å²) in [7, 11) is 1.64. The van der Waals surface area contributed by atoms with E-state index in [1.807, 2.05) is 13.8 Å². The lowest BCUT2D eigenvalue weighted by Crippen LogP contribution is -2.56. The summed E-state index contributed by atoms with van der Waals surface area (Å²) in [6, 6.07) is 6.27. The number of nitrogens with one attached hydrogen (secondary N) is 3. The Labute approximate surface area is 186 Å². The maximum atomic E-state index is 14.3. The van der Waals surface area contributed by atoms with Crippen LogP contribution in [-0.4, -0.2) is 48.4 Å². The van der Waals surface area contributed by atoms with E-state index >= 15 is 0 Å². The molecule has 8 nitrogen and oxygen atoms in total. The van der Waals surface area contributed by atoms with Gasteiger partial charge in [0.1, 0.15) is 23.7 Å². The maximum absolute atomic E-state index is 14.3. The Kier molecular flexibility index (Phi) is 7.19. The molecule has 1 aliphatic rings. The molecular formula is C23H28FN5O3. The van der Waals surface area contributed by atoms with Crippen LogP contribution in [0, 0.1) is 18.7 Å². The van der Waals surface area contributed by atoms with Crippen LogP contribution in [0.25, 0.3) is 0 Å². The van der Waals surface area contributed by atoms with Crippen molar-refractivity contribution in [2.75, 3.05) is 23.8 Å². The third-order valence-electron chi connectivity index (χ3n) is 5.33. The molecule has 2 atom stereocenters. The number of benzene rings is 1. The zero-order valence-corrected chi connectivity index (χ0v) is 18.6. The fourth-order valence-electron chi connectivity index (χ4n) is 3.71. The summed E-state index contributed by atoms with van der Waals surface area (Å²) in [5.41, 5.74) is 1.50. The number of anilines is 2. The Morgan fingerprint density at radius 3 is 2.66 bits per heavy atom. The average Bonchev–Trinajstić information content (AvgIpc) is 3.13. The van der Waals surface area contributed by atoms with Crippen molar-refractivity contribution >= 4 is 29.2 Å². The van der Waals surface area contributed by atoms with Crippen molar-refractivity contribution in [1.82, 2.24) is 15.6 Å². The van der Waals surface area contributed by atoms with Gasteiger partial charge in [-0.15, -0.1) is 0 Å². The SMILES string of the molecule is CNCC(=O)NC(C(=O)N1c2ncccc2CC1C(=O)Nc1ccc(C)cc1F)C(C)C. The molecule has 1 aromatic heterocycles. The third-order valence-corrected chi connectivity index (χ3v) is 5.33. The Morgan fingerprint density at radius 1 is 1.25 bits per heavy atom. The molecule has 170 valence electrons. The van der Waals surface area contributed by atoms with Crippen molar-refractivity contribution in [3.8, 4) is 0 Å². The largest absolute Gasteiger partial charge is 0.343 e. The van der Waals surface area contributed by atoms with E-state index < -0.39 is 29.7 Å². The number of likely N-dealkylation sites (N-methyl/N-ethyl adjacent to an activating group) is 1. The molecule has 0 aliphatic carbocycles. The van der Waals surface area contributed by atoms with E-state index in [9.17, 15) is 18.8 Å². The van der Waals surface area contributed by atoms with Crippen molar-refractivity contribution in [3.05, 3.63) is 53.5 Å². The third kappa shape index (κ3) is 4.94. The molecule has 2 unspecified atom stereocenters. The van der Waals surface area contributed by atoms with Gasteiger partial charge in [0.25, 0.3) is 5.91 Å². The number of fused-ring (bicyclic) bond motifs is 1. The number of aromatic nitrogens is 1. The molecular weight excluding hydrogens is 413 g/mol. The van der Waals surface area contributed by atoms with Crippen LogP contribution in [0.5, 0.6) is 0 Å². The average molecular weight is 442 g/mol. The Balaban J connectivity index is 1.91. The first kappa shape index (κ1) is 23.3. The van der Waals surface area contributed by atoms with Crippen molar-refractivity contribution in [3.63, 3.8) is 0 Å². The summed E-state index contributed by atoms with van der Waals surface area (Å²) < 4.78 is 14.3. The molecule has 0 saturated heterocycles. The summed E-state index contributed by atoms with van der Waals surface area (Å²) in [4.78, 5) is 44.5. The molecule has 2 heterocycles. The molecule has 0 saturated carbocycles. The van der Waals surface area contributed by atoms with Gasteiger partial charge in [0.2, 0.25) is 11.8 Å². The van der Waals surface area contributed by atoms with Gasteiger partial charge in [-0.25, -0.2) is 9.37 Å². The first-order valence-corrected chi connectivity index (χ1v) is 10.5. The second-order valence-corrected chi connectivity index (χ2v) is 8.21. The zero-order chi connectivity index (χ0) is 23.4. The van der Waals surface area contributed by atoms with Crippen LogP contribution < -0.4 is 20.9 Å². The molecule has 3 rings (SSSR count). The van der Waals surface area contributed by atoms with E-state index in [-0.39, 0.29) is 30.5 Å². The molecule has 1 aliphatic heterocycles. The zero-order valence-electron chi connectivity index (χ0n) is 18.6. The van der Waals surface area contributed by atoms with Gasteiger partial charge in [-0.2, -0.15) is 0 Å². The van der Waals surface area contributed by atoms with Gasteiger partial charge in [0.15, 0.2) is 0 Å². The van der Waals surface area contributed by atoms with Crippen molar-refractivity contribution in [1.29, 1.82) is 0 Å². The normalized spacial score (nSPS) is 15.9. The van der Waals surface area contributed by atoms with E-state index in [1.54, 1.807) is 38.4 Å². The molecule has 0 spiro atoms. The number of pyridine rings is 1. The summed E-state index contributed by atoms with van der Waals surface area (Å²) in [6.45, 7) is 5.44. The van der Waals surface area contributed by atoms with Crippen LogP contribution in [0.1, 0.15) is 25.0 Å². The number of carbonyl (C=O) groups excluding carboxylic acids is 3. The highest BCUT2D eigenvalue weighted by molar-refractivity contribution is 6.09. The van der Waals surface area contributed by atoms with E-state index in [4.69, 9.17) is 0 Å². The number of halogens is 1. The smallest absolute Gasteiger partial charge is 0.251 e. The molecule has 1 aromatic carbocycles. The molecule has 3 N–H and O–H groups in total.